The Kier molecular flexibility index (Phi) is 6.38. The van der Waals surface area contributed by atoms with Crippen LogP contribution < -0.4 is 24.8 Å². The van der Waals surface area contributed by atoms with E-state index in [2.05, 4.69) is 15.6 Å². The predicted octanol–water partition coefficient (Wildman–Crippen LogP) is 2.48. The molecule has 0 unspecified atom stereocenters. The molecule has 1 fully saturated rings. The molecule has 0 spiro atoms. The minimum atomic E-state index is -0.629. The number of esters is 1. The molecule has 1 aromatic heterocycles. The highest BCUT2D eigenvalue weighted by Gasteiger charge is 2.21. The first-order valence-corrected chi connectivity index (χ1v) is 9.03. The maximum absolute atomic E-state index is 12.2. The lowest BCUT2D eigenvalue weighted by atomic mass is 10.2. The predicted molar refractivity (Wildman–Crippen MR) is 106 cm³/mol. The molecule has 2 aromatic rings. The molecule has 1 aliphatic carbocycles. The number of carbonyl (C=O) groups excluding carboxylic acids is 2. The fourth-order valence-electron chi connectivity index (χ4n) is 2.60. The number of aromatic nitrogens is 1. The Hall–Kier alpha value is -3.49. The quantitative estimate of drug-likeness (QED) is 0.617. The van der Waals surface area contributed by atoms with Gasteiger partial charge in [-0.1, -0.05) is 0 Å². The molecule has 0 saturated heterocycles. The fourth-order valence-corrected chi connectivity index (χ4v) is 2.60. The number of benzene rings is 1. The normalized spacial score (nSPS) is 12.7. The van der Waals surface area contributed by atoms with Gasteiger partial charge in [0.15, 0.2) is 18.1 Å². The van der Waals surface area contributed by atoms with Gasteiger partial charge in [-0.2, -0.15) is 0 Å². The van der Waals surface area contributed by atoms with Crippen molar-refractivity contribution in [1.82, 2.24) is 4.98 Å². The highest BCUT2D eigenvalue weighted by Crippen LogP contribution is 2.39. The number of ether oxygens (including phenoxy) is 4. The molecule has 0 radical (unpaired) electrons. The van der Waals surface area contributed by atoms with E-state index in [0.717, 1.165) is 12.8 Å². The van der Waals surface area contributed by atoms with Crippen LogP contribution in [0.25, 0.3) is 0 Å². The molecule has 0 atom stereocenters. The van der Waals surface area contributed by atoms with Crippen LogP contribution in [0.1, 0.15) is 23.2 Å². The highest BCUT2D eigenvalue weighted by molar-refractivity contribution is 5.95. The van der Waals surface area contributed by atoms with Crippen LogP contribution >= 0.6 is 0 Å². The summed E-state index contributed by atoms with van der Waals surface area (Å²) in [5, 5.41) is 5.86. The minimum absolute atomic E-state index is 0.270. The standard InChI is InChI=1S/C20H23N3O6/c1-26-15-8-14(9-16(27-2)19(15)28-3)23-18(24)11-29-20(25)12-4-7-17(21-10-12)22-13-5-6-13/h4,7-10,13H,5-6,11H2,1-3H3,(H,21,22)(H,23,24). The summed E-state index contributed by atoms with van der Waals surface area (Å²) in [6, 6.07) is 6.95. The zero-order valence-corrected chi connectivity index (χ0v) is 16.5. The molecule has 9 heteroatoms. The smallest absolute Gasteiger partial charge is 0.340 e. The summed E-state index contributed by atoms with van der Waals surface area (Å²) in [4.78, 5) is 28.4. The van der Waals surface area contributed by atoms with Gasteiger partial charge in [-0.25, -0.2) is 9.78 Å². The fraction of sp³-hybridized carbons (Fsp3) is 0.350. The van der Waals surface area contributed by atoms with Crippen LogP contribution in [0.4, 0.5) is 11.5 Å². The molecular weight excluding hydrogens is 378 g/mol. The number of hydrogen-bond acceptors (Lipinski definition) is 8. The van der Waals surface area contributed by atoms with Crippen molar-refractivity contribution in [2.75, 3.05) is 38.6 Å². The zero-order valence-electron chi connectivity index (χ0n) is 16.5. The molecule has 1 aromatic carbocycles. The van der Waals surface area contributed by atoms with Gasteiger partial charge in [-0.15, -0.1) is 0 Å². The summed E-state index contributed by atoms with van der Waals surface area (Å²) in [5.41, 5.74) is 0.685. The van der Waals surface area contributed by atoms with Crippen LogP contribution in [-0.2, 0) is 9.53 Å². The first-order chi connectivity index (χ1) is 14.0. The molecule has 154 valence electrons. The van der Waals surface area contributed by atoms with Gasteiger partial charge in [0.2, 0.25) is 5.75 Å². The van der Waals surface area contributed by atoms with Crippen molar-refractivity contribution in [2.45, 2.75) is 18.9 Å². The monoisotopic (exact) mass is 401 g/mol. The van der Waals surface area contributed by atoms with Crippen LogP contribution in [0.15, 0.2) is 30.5 Å². The number of nitrogens with zero attached hydrogens (tertiary/aromatic N) is 1. The van der Waals surface area contributed by atoms with Gasteiger partial charge in [0.1, 0.15) is 5.82 Å². The van der Waals surface area contributed by atoms with E-state index in [1.165, 1.54) is 27.5 Å². The Morgan fingerprint density at radius 3 is 2.28 bits per heavy atom. The third kappa shape index (κ3) is 5.28. The zero-order chi connectivity index (χ0) is 20.8. The van der Waals surface area contributed by atoms with E-state index in [9.17, 15) is 9.59 Å². The van der Waals surface area contributed by atoms with E-state index in [-0.39, 0.29) is 5.56 Å². The van der Waals surface area contributed by atoms with Crippen molar-refractivity contribution in [3.63, 3.8) is 0 Å². The number of anilines is 2. The third-order valence-corrected chi connectivity index (χ3v) is 4.21. The highest BCUT2D eigenvalue weighted by atomic mass is 16.5. The number of pyridine rings is 1. The van der Waals surface area contributed by atoms with Gasteiger partial charge < -0.3 is 29.6 Å². The number of carbonyl (C=O) groups is 2. The number of methoxy groups -OCH3 is 3. The summed E-state index contributed by atoms with van der Waals surface area (Å²) in [6.45, 7) is -0.447. The maximum Gasteiger partial charge on any atom is 0.340 e. The lowest BCUT2D eigenvalue weighted by Gasteiger charge is -2.14. The number of nitrogens with one attached hydrogen (secondary N) is 2. The second kappa shape index (κ2) is 9.13. The van der Waals surface area contributed by atoms with Gasteiger partial charge in [0, 0.05) is 30.1 Å². The maximum atomic E-state index is 12.2. The Bertz CT molecular complexity index is 855. The molecule has 1 aliphatic rings. The summed E-state index contributed by atoms with van der Waals surface area (Å²) < 4.78 is 20.8. The Morgan fingerprint density at radius 2 is 1.76 bits per heavy atom. The van der Waals surface area contributed by atoms with E-state index < -0.39 is 18.5 Å². The largest absolute Gasteiger partial charge is 0.493 e. The Balaban J connectivity index is 1.55. The lowest BCUT2D eigenvalue weighted by molar-refractivity contribution is -0.119. The molecule has 9 nitrogen and oxygen atoms in total. The summed E-state index contributed by atoms with van der Waals surface area (Å²) >= 11 is 0. The van der Waals surface area contributed by atoms with Crippen molar-refractivity contribution in [3.8, 4) is 17.2 Å². The van der Waals surface area contributed by atoms with Crippen LogP contribution in [0.5, 0.6) is 17.2 Å². The summed E-state index contributed by atoms with van der Waals surface area (Å²) in [6.07, 6.45) is 3.68. The van der Waals surface area contributed by atoms with Gasteiger partial charge in [0.05, 0.1) is 26.9 Å². The van der Waals surface area contributed by atoms with Crippen LogP contribution in [-0.4, -0.2) is 50.8 Å². The molecule has 1 heterocycles. The molecule has 0 bridgehead atoms. The van der Waals surface area contributed by atoms with E-state index in [4.69, 9.17) is 18.9 Å². The van der Waals surface area contributed by atoms with Crippen molar-refractivity contribution < 1.29 is 28.5 Å². The van der Waals surface area contributed by atoms with Crippen molar-refractivity contribution in [2.24, 2.45) is 0 Å². The topological polar surface area (TPSA) is 108 Å². The van der Waals surface area contributed by atoms with Crippen LogP contribution in [0.3, 0.4) is 0 Å². The van der Waals surface area contributed by atoms with Crippen molar-refractivity contribution >= 4 is 23.4 Å². The molecule has 1 saturated carbocycles. The Morgan fingerprint density at radius 1 is 1.07 bits per heavy atom. The van der Waals surface area contributed by atoms with Crippen LogP contribution in [0, 0.1) is 0 Å². The van der Waals surface area contributed by atoms with Crippen molar-refractivity contribution in [3.05, 3.63) is 36.0 Å². The SMILES string of the molecule is COc1cc(NC(=O)COC(=O)c2ccc(NC3CC3)nc2)cc(OC)c1OC. The van der Waals surface area contributed by atoms with E-state index in [1.807, 2.05) is 0 Å². The number of hydrogen-bond donors (Lipinski definition) is 2. The van der Waals surface area contributed by atoms with Crippen molar-refractivity contribution in [1.29, 1.82) is 0 Å². The second-order valence-electron chi connectivity index (χ2n) is 6.39. The molecule has 2 N–H and O–H groups in total. The first-order valence-electron chi connectivity index (χ1n) is 9.03. The number of amides is 1. The van der Waals surface area contributed by atoms with Gasteiger partial charge in [0.25, 0.3) is 5.91 Å². The molecule has 0 aliphatic heterocycles. The first kappa shape index (κ1) is 20.2. The summed E-state index contributed by atoms with van der Waals surface area (Å²) in [5.74, 6) is 0.772. The Labute approximate surface area is 168 Å². The molecule has 3 rings (SSSR count). The lowest BCUT2D eigenvalue weighted by Crippen LogP contribution is -2.21. The van der Waals surface area contributed by atoms with Crippen LogP contribution in [0.2, 0.25) is 0 Å². The van der Waals surface area contributed by atoms with E-state index in [1.54, 1.807) is 24.3 Å². The van der Waals surface area contributed by atoms with Gasteiger partial charge >= 0.3 is 5.97 Å². The third-order valence-electron chi connectivity index (χ3n) is 4.21. The minimum Gasteiger partial charge on any atom is -0.493 e. The molecule has 1 amide bonds. The average Bonchev–Trinajstić information content (AvgIpc) is 3.55. The van der Waals surface area contributed by atoms with E-state index in [0.29, 0.717) is 34.8 Å². The number of rotatable bonds is 9. The van der Waals surface area contributed by atoms with Gasteiger partial charge in [-0.3, -0.25) is 4.79 Å². The second-order valence-corrected chi connectivity index (χ2v) is 6.39. The summed E-state index contributed by atoms with van der Waals surface area (Å²) in [7, 11) is 4.44. The molecule has 29 heavy (non-hydrogen) atoms. The average molecular weight is 401 g/mol. The molecular formula is C20H23N3O6. The van der Waals surface area contributed by atoms with E-state index >= 15 is 0 Å². The van der Waals surface area contributed by atoms with Gasteiger partial charge in [-0.05, 0) is 25.0 Å².